The molecule has 21 heavy (non-hydrogen) atoms. The molecule has 118 valence electrons. The number of hydrogen-bond acceptors (Lipinski definition) is 4. The summed E-state index contributed by atoms with van der Waals surface area (Å²) in [5.74, 6) is -0.651. The van der Waals surface area contributed by atoms with Gasteiger partial charge in [0.1, 0.15) is 0 Å². The Morgan fingerprint density at radius 3 is 2.71 bits per heavy atom. The van der Waals surface area contributed by atoms with E-state index in [1.807, 2.05) is 13.8 Å². The van der Waals surface area contributed by atoms with Crippen LogP contribution in [0.5, 0.6) is 0 Å². The zero-order valence-electron chi connectivity index (χ0n) is 12.9. The molecule has 1 unspecified atom stereocenters. The Bertz CT molecular complexity index is 418. The van der Waals surface area contributed by atoms with Crippen LogP contribution in [-0.4, -0.2) is 49.4 Å². The number of piperidine rings is 1. The molecule has 0 aliphatic carbocycles. The second kappa shape index (κ2) is 8.44. The molecule has 0 saturated carbocycles. The average Bonchev–Trinajstić information content (AvgIpc) is 2.50. The molecule has 6 nitrogen and oxygen atoms in total. The van der Waals surface area contributed by atoms with Gasteiger partial charge in [0.15, 0.2) is 0 Å². The number of hydrogen-bond donors (Lipinski definition) is 1. The molecule has 1 aliphatic heterocycles. The molecular formula is C15H24N2O4. The van der Waals surface area contributed by atoms with Gasteiger partial charge in [-0.25, -0.2) is 4.79 Å². The van der Waals surface area contributed by atoms with Crippen molar-refractivity contribution in [1.82, 2.24) is 10.2 Å². The lowest BCUT2D eigenvalue weighted by molar-refractivity contribution is -0.138. The van der Waals surface area contributed by atoms with Crippen LogP contribution in [0.15, 0.2) is 12.2 Å². The fourth-order valence-corrected chi connectivity index (χ4v) is 2.28. The lowest BCUT2D eigenvalue weighted by atomic mass is 9.96. The summed E-state index contributed by atoms with van der Waals surface area (Å²) >= 11 is 0. The van der Waals surface area contributed by atoms with E-state index in [9.17, 15) is 14.4 Å². The third kappa shape index (κ3) is 5.57. The van der Waals surface area contributed by atoms with Crippen molar-refractivity contribution in [2.75, 3.05) is 26.7 Å². The van der Waals surface area contributed by atoms with E-state index in [2.05, 4.69) is 10.1 Å². The highest BCUT2D eigenvalue weighted by molar-refractivity contribution is 5.83. The third-order valence-electron chi connectivity index (χ3n) is 3.45. The van der Waals surface area contributed by atoms with Crippen molar-refractivity contribution in [2.24, 2.45) is 11.8 Å². The van der Waals surface area contributed by atoms with Gasteiger partial charge < -0.3 is 15.0 Å². The Morgan fingerprint density at radius 1 is 1.38 bits per heavy atom. The number of carbonyl (C=O) groups is 3. The first-order valence-electron chi connectivity index (χ1n) is 7.26. The average molecular weight is 296 g/mol. The van der Waals surface area contributed by atoms with Gasteiger partial charge in [-0.2, -0.15) is 0 Å². The molecule has 1 aliphatic rings. The number of nitrogens with one attached hydrogen (secondary N) is 1. The predicted octanol–water partition coefficient (Wildman–Crippen LogP) is 0.726. The van der Waals surface area contributed by atoms with Crippen LogP contribution in [0.4, 0.5) is 0 Å². The molecule has 0 spiro atoms. The highest BCUT2D eigenvalue weighted by Crippen LogP contribution is 2.18. The maximum atomic E-state index is 12.1. The van der Waals surface area contributed by atoms with E-state index >= 15 is 0 Å². The van der Waals surface area contributed by atoms with E-state index in [-0.39, 0.29) is 30.2 Å². The summed E-state index contributed by atoms with van der Waals surface area (Å²) in [6, 6.07) is 0. The molecule has 0 aromatic heterocycles. The number of nitrogens with zero attached hydrogens (tertiary/aromatic N) is 1. The van der Waals surface area contributed by atoms with E-state index in [0.29, 0.717) is 6.54 Å². The third-order valence-corrected chi connectivity index (χ3v) is 3.45. The van der Waals surface area contributed by atoms with Gasteiger partial charge in [0.2, 0.25) is 11.8 Å². The van der Waals surface area contributed by atoms with E-state index in [1.165, 1.54) is 13.2 Å². The highest BCUT2D eigenvalue weighted by Gasteiger charge is 2.28. The van der Waals surface area contributed by atoms with Gasteiger partial charge in [0, 0.05) is 31.6 Å². The fourth-order valence-electron chi connectivity index (χ4n) is 2.28. The normalized spacial score (nSPS) is 18.9. The largest absolute Gasteiger partial charge is 0.466 e. The molecule has 1 rings (SSSR count). The molecule has 0 radical (unpaired) electrons. The topological polar surface area (TPSA) is 75.7 Å². The predicted molar refractivity (Wildman–Crippen MR) is 78.3 cm³/mol. The number of esters is 1. The lowest BCUT2D eigenvalue weighted by Gasteiger charge is -2.33. The summed E-state index contributed by atoms with van der Waals surface area (Å²) in [6.45, 7) is 5.21. The minimum Gasteiger partial charge on any atom is -0.466 e. The monoisotopic (exact) mass is 296 g/mol. The smallest absolute Gasteiger partial charge is 0.330 e. The van der Waals surface area contributed by atoms with Gasteiger partial charge in [-0.15, -0.1) is 0 Å². The van der Waals surface area contributed by atoms with Crippen LogP contribution in [0.1, 0.15) is 26.7 Å². The molecule has 0 aromatic carbocycles. The first-order valence-corrected chi connectivity index (χ1v) is 7.26. The Kier molecular flexibility index (Phi) is 6.91. The van der Waals surface area contributed by atoms with Crippen molar-refractivity contribution >= 4 is 17.8 Å². The molecule has 1 heterocycles. The Balaban J connectivity index is 2.42. The number of rotatable bonds is 5. The van der Waals surface area contributed by atoms with Crippen molar-refractivity contribution in [1.29, 1.82) is 0 Å². The number of carbonyl (C=O) groups excluding carboxylic acids is 3. The lowest BCUT2D eigenvalue weighted by Crippen LogP contribution is -2.46. The molecule has 1 saturated heterocycles. The second-order valence-electron chi connectivity index (χ2n) is 5.45. The van der Waals surface area contributed by atoms with Crippen LogP contribution in [-0.2, 0) is 19.1 Å². The van der Waals surface area contributed by atoms with Crippen LogP contribution in [0.25, 0.3) is 0 Å². The number of amides is 2. The van der Waals surface area contributed by atoms with Gasteiger partial charge in [0.25, 0.3) is 0 Å². The van der Waals surface area contributed by atoms with Crippen molar-refractivity contribution < 1.29 is 19.1 Å². The van der Waals surface area contributed by atoms with E-state index < -0.39 is 5.97 Å². The van der Waals surface area contributed by atoms with Crippen LogP contribution in [0.2, 0.25) is 0 Å². The zero-order valence-corrected chi connectivity index (χ0v) is 12.9. The van der Waals surface area contributed by atoms with Gasteiger partial charge in [-0.1, -0.05) is 19.9 Å². The number of likely N-dealkylation sites (tertiary alicyclic amines) is 1. The summed E-state index contributed by atoms with van der Waals surface area (Å²) < 4.78 is 4.45. The summed E-state index contributed by atoms with van der Waals surface area (Å²) in [5, 5.41) is 2.75. The fraction of sp³-hybridized carbons (Fsp3) is 0.667. The van der Waals surface area contributed by atoms with Gasteiger partial charge >= 0.3 is 5.97 Å². The molecule has 1 fully saturated rings. The van der Waals surface area contributed by atoms with Crippen LogP contribution < -0.4 is 5.32 Å². The Morgan fingerprint density at radius 2 is 2.10 bits per heavy atom. The molecule has 0 aromatic rings. The summed E-state index contributed by atoms with van der Waals surface area (Å²) in [7, 11) is 1.30. The highest BCUT2D eigenvalue weighted by atomic mass is 16.5. The van der Waals surface area contributed by atoms with Gasteiger partial charge in [-0.3, -0.25) is 9.59 Å². The quantitative estimate of drug-likeness (QED) is 0.599. The van der Waals surface area contributed by atoms with Crippen LogP contribution in [0.3, 0.4) is 0 Å². The molecular weight excluding hydrogens is 272 g/mol. The van der Waals surface area contributed by atoms with Gasteiger partial charge in [0.05, 0.1) is 13.0 Å². The standard InChI is InChI=1S/C15H24N2O4/c1-11(2)15(20)17-9-5-6-12(10-17)14(19)16-8-4-7-13(18)21-3/h4,7,11-12H,5-6,8-10H2,1-3H3,(H,16,19)/b7-4+. The SMILES string of the molecule is COC(=O)/C=C/CNC(=O)C1CCCN(C(=O)C(C)C)C1. The summed E-state index contributed by atoms with van der Waals surface area (Å²) in [5.41, 5.74) is 0. The summed E-state index contributed by atoms with van der Waals surface area (Å²) in [6.07, 6.45) is 4.45. The van der Waals surface area contributed by atoms with E-state index in [4.69, 9.17) is 0 Å². The second-order valence-corrected chi connectivity index (χ2v) is 5.45. The Labute approximate surface area is 125 Å². The van der Waals surface area contributed by atoms with Crippen molar-refractivity contribution in [3.8, 4) is 0 Å². The minimum atomic E-state index is -0.448. The van der Waals surface area contributed by atoms with E-state index in [0.717, 1.165) is 19.4 Å². The van der Waals surface area contributed by atoms with Crippen molar-refractivity contribution in [3.63, 3.8) is 0 Å². The van der Waals surface area contributed by atoms with Crippen molar-refractivity contribution in [2.45, 2.75) is 26.7 Å². The van der Waals surface area contributed by atoms with Gasteiger partial charge in [-0.05, 0) is 12.8 Å². The molecule has 0 bridgehead atoms. The first kappa shape index (κ1) is 17.2. The minimum absolute atomic E-state index is 0.0465. The molecule has 6 heteroatoms. The van der Waals surface area contributed by atoms with Crippen LogP contribution >= 0.6 is 0 Å². The molecule has 2 amide bonds. The first-order chi connectivity index (χ1) is 9.95. The van der Waals surface area contributed by atoms with Crippen LogP contribution in [0, 0.1) is 11.8 Å². The maximum Gasteiger partial charge on any atom is 0.330 e. The number of ether oxygens (including phenoxy) is 1. The molecule has 1 N–H and O–H groups in total. The summed E-state index contributed by atoms with van der Waals surface area (Å²) in [4.78, 5) is 36.7. The zero-order chi connectivity index (χ0) is 15.8. The maximum absolute atomic E-state index is 12.1. The Hall–Kier alpha value is -1.85. The molecule has 1 atom stereocenters. The number of methoxy groups -OCH3 is 1. The van der Waals surface area contributed by atoms with E-state index in [1.54, 1.807) is 11.0 Å². The van der Waals surface area contributed by atoms with Crippen molar-refractivity contribution in [3.05, 3.63) is 12.2 Å².